The van der Waals surface area contributed by atoms with Crippen molar-refractivity contribution in [3.05, 3.63) is 35.9 Å². The van der Waals surface area contributed by atoms with Crippen molar-refractivity contribution in [2.45, 2.75) is 5.92 Å². The molecule has 0 unspecified atom stereocenters. The van der Waals surface area contributed by atoms with Crippen LogP contribution in [0.1, 0.15) is 11.5 Å². The lowest BCUT2D eigenvalue weighted by atomic mass is 9.97. The van der Waals surface area contributed by atoms with Gasteiger partial charge in [-0.3, -0.25) is 0 Å². The number of alkyl halides is 1. The zero-order chi connectivity index (χ0) is 14.1. The Morgan fingerprint density at radius 2 is 2.15 bits per heavy atom. The van der Waals surface area contributed by atoms with Gasteiger partial charge in [0, 0.05) is 49.1 Å². The summed E-state index contributed by atoms with van der Waals surface area (Å²) in [5.41, 5.74) is 2.42. The molecule has 2 aromatic rings. The number of rotatable bonds is 4. The van der Waals surface area contributed by atoms with Crippen molar-refractivity contribution in [1.29, 1.82) is 0 Å². The molecular formula is C16H18ClNO2. The van der Waals surface area contributed by atoms with Crippen LogP contribution in [0.3, 0.4) is 0 Å². The highest BCUT2D eigenvalue weighted by atomic mass is 35.5. The SMILES string of the molecule is COCOc1c2c(cc3ccccc13)N(C)C[C@H]2CCl. The number of halogens is 1. The van der Waals surface area contributed by atoms with Gasteiger partial charge in [0.25, 0.3) is 0 Å². The Kier molecular flexibility index (Phi) is 3.72. The summed E-state index contributed by atoms with van der Waals surface area (Å²) in [5.74, 6) is 1.81. The maximum Gasteiger partial charge on any atom is 0.188 e. The van der Waals surface area contributed by atoms with Gasteiger partial charge in [-0.2, -0.15) is 0 Å². The Balaban J connectivity index is 2.24. The van der Waals surface area contributed by atoms with Crippen LogP contribution in [0.15, 0.2) is 30.3 Å². The zero-order valence-corrected chi connectivity index (χ0v) is 12.5. The van der Waals surface area contributed by atoms with Crippen LogP contribution in [0.25, 0.3) is 10.8 Å². The van der Waals surface area contributed by atoms with Crippen LogP contribution in [0, 0.1) is 0 Å². The number of fused-ring (bicyclic) bond motifs is 2. The molecule has 106 valence electrons. The average Bonchev–Trinajstić information content (AvgIpc) is 2.80. The Morgan fingerprint density at radius 1 is 1.35 bits per heavy atom. The van der Waals surface area contributed by atoms with Gasteiger partial charge in [-0.05, 0) is 11.5 Å². The van der Waals surface area contributed by atoms with Crippen molar-refractivity contribution >= 4 is 28.1 Å². The minimum Gasteiger partial charge on any atom is -0.467 e. The first-order valence-electron chi connectivity index (χ1n) is 6.70. The summed E-state index contributed by atoms with van der Waals surface area (Å²) in [7, 11) is 3.73. The van der Waals surface area contributed by atoms with Crippen LogP contribution in [0.5, 0.6) is 5.75 Å². The molecule has 3 nitrogen and oxygen atoms in total. The molecule has 0 radical (unpaired) electrons. The third kappa shape index (κ3) is 2.11. The van der Waals surface area contributed by atoms with Gasteiger partial charge in [-0.15, -0.1) is 11.6 Å². The molecule has 1 aliphatic heterocycles. The molecule has 0 aromatic heterocycles. The topological polar surface area (TPSA) is 21.7 Å². The molecule has 3 rings (SSSR count). The van der Waals surface area contributed by atoms with E-state index in [0.717, 1.165) is 17.7 Å². The van der Waals surface area contributed by atoms with Crippen LogP contribution in [0.4, 0.5) is 5.69 Å². The monoisotopic (exact) mass is 291 g/mol. The van der Waals surface area contributed by atoms with E-state index < -0.39 is 0 Å². The summed E-state index contributed by atoms with van der Waals surface area (Å²) in [4.78, 5) is 2.24. The maximum atomic E-state index is 6.14. The van der Waals surface area contributed by atoms with Gasteiger partial charge in [-0.25, -0.2) is 0 Å². The number of nitrogens with zero attached hydrogens (tertiary/aromatic N) is 1. The van der Waals surface area contributed by atoms with Crippen molar-refractivity contribution in [3.8, 4) is 5.75 Å². The number of likely N-dealkylation sites (N-methyl/N-ethyl adjacent to an activating group) is 1. The zero-order valence-electron chi connectivity index (χ0n) is 11.7. The van der Waals surface area contributed by atoms with Gasteiger partial charge in [0.1, 0.15) is 5.75 Å². The second kappa shape index (κ2) is 5.51. The molecule has 0 fully saturated rings. The Morgan fingerprint density at radius 3 is 2.90 bits per heavy atom. The quantitative estimate of drug-likeness (QED) is 0.635. The molecule has 0 aliphatic carbocycles. The average molecular weight is 292 g/mol. The second-order valence-corrected chi connectivity index (χ2v) is 5.45. The molecular weight excluding hydrogens is 274 g/mol. The first-order chi connectivity index (χ1) is 9.76. The highest BCUT2D eigenvalue weighted by Crippen LogP contribution is 2.46. The summed E-state index contributed by atoms with van der Waals surface area (Å²) in [6, 6.07) is 10.5. The Hall–Kier alpha value is -1.45. The van der Waals surface area contributed by atoms with E-state index in [4.69, 9.17) is 21.1 Å². The molecule has 2 aromatic carbocycles. The fourth-order valence-electron chi connectivity index (χ4n) is 2.95. The van der Waals surface area contributed by atoms with E-state index in [-0.39, 0.29) is 6.79 Å². The van der Waals surface area contributed by atoms with E-state index in [2.05, 4.69) is 30.1 Å². The molecule has 0 bridgehead atoms. The molecule has 20 heavy (non-hydrogen) atoms. The van der Waals surface area contributed by atoms with Crippen LogP contribution >= 0.6 is 11.6 Å². The lowest BCUT2D eigenvalue weighted by Crippen LogP contribution is -2.15. The normalized spacial score (nSPS) is 17.6. The molecule has 0 N–H and O–H groups in total. The first kappa shape index (κ1) is 13.5. The number of anilines is 1. The summed E-state index contributed by atoms with van der Waals surface area (Å²) >= 11 is 6.14. The smallest absolute Gasteiger partial charge is 0.188 e. The lowest BCUT2D eigenvalue weighted by Gasteiger charge is -2.17. The van der Waals surface area contributed by atoms with Gasteiger partial charge in [0.05, 0.1) is 0 Å². The first-order valence-corrected chi connectivity index (χ1v) is 7.24. The highest BCUT2D eigenvalue weighted by molar-refractivity contribution is 6.18. The number of benzene rings is 2. The Bertz CT molecular complexity index is 629. The number of hydrogen-bond acceptors (Lipinski definition) is 3. The van der Waals surface area contributed by atoms with E-state index in [1.54, 1.807) is 7.11 Å². The molecule has 1 atom stereocenters. The van der Waals surface area contributed by atoms with Crippen molar-refractivity contribution < 1.29 is 9.47 Å². The number of ether oxygens (including phenoxy) is 2. The highest BCUT2D eigenvalue weighted by Gasteiger charge is 2.30. The molecule has 1 heterocycles. The van der Waals surface area contributed by atoms with Gasteiger partial charge >= 0.3 is 0 Å². The van der Waals surface area contributed by atoms with Crippen molar-refractivity contribution in [1.82, 2.24) is 0 Å². The predicted octanol–water partition coefficient (Wildman–Crippen LogP) is 3.59. The molecule has 0 amide bonds. The van der Waals surface area contributed by atoms with Crippen LogP contribution in [-0.2, 0) is 4.74 Å². The van der Waals surface area contributed by atoms with E-state index in [1.807, 2.05) is 12.1 Å². The minimum atomic E-state index is 0.249. The van der Waals surface area contributed by atoms with Gasteiger partial charge in [0.2, 0.25) is 0 Å². The summed E-state index contributed by atoms with van der Waals surface area (Å²) in [5, 5.41) is 2.30. The van der Waals surface area contributed by atoms with Crippen molar-refractivity contribution in [3.63, 3.8) is 0 Å². The number of hydrogen-bond donors (Lipinski definition) is 0. The van der Waals surface area contributed by atoms with Crippen LogP contribution < -0.4 is 9.64 Å². The van der Waals surface area contributed by atoms with Gasteiger partial charge in [-0.1, -0.05) is 24.3 Å². The van der Waals surface area contributed by atoms with E-state index in [1.165, 1.54) is 16.6 Å². The fourth-order valence-corrected chi connectivity index (χ4v) is 3.20. The summed E-state index contributed by atoms with van der Waals surface area (Å²) in [6.07, 6.45) is 0. The van der Waals surface area contributed by atoms with E-state index in [0.29, 0.717) is 11.8 Å². The number of methoxy groups -OCH3 is 1. The molecule has 0 saturated heterocycles. The van der Waals surface area contributed by atoms with Gasteiger partial charge < -0.3 is 14.4 Å². The third-order valence-corrected chi connectivity index (χ3v) is 4.21. The lowest BCUT2D eigenvalue weighted by molar-refractivity contribution is 0.0515. The summed E-state index contributed by atoms with van der Waals surface area (Å²) < 4.78 is 11.0. The molecule has 0 spiro atoms. The maximum absolute atomic E-state index is 6.14. The predicted molar refractivity (Wildman–Crippen MR) is 83.2 cm³/mol. The standard InChI is InChI=1S/C16H18ClNO2/c1-18-9-12(8-17)15-14(18)7-11-5-3-4-6-13(11)16(15)20-10-19-2/h3-7,12H,8-10H2,1-2H3/t12-/m1/s1. The third-order valence-electron chi connectivity index (χ3n) is 3.84. The largest absolute Gasteiger partial charge is 0.467 e. The molecule has 4 heteroatoms. The summed E-state index contributed by atoms with van der Waals surface area (Å²) in [6.45, 7) is 1.18. The van der Waals surface area contributed by atoms with Crippen LogP contribution in [0.2, 0.25) is 0 Å². The van der Waals surface area contributed by atoms with Crippen molar-refractivity contribution in [2.24, 2.45) is 0 Å². The van der Waals surface area contributed by atoms with Crippen molar-refractivity contribution in [2.75, 3.05) is 38.3 Å². The van der Waals surface area contributed by atoms with E-state index >= 15 is 0 Å². The van der Waals surface area contributed by atoms with E-state index in [9.17, 15) is 0 Å². The fraction of sp³-hybridized carbons (Fsp3) is 0.375. The van der Waals surface area contributed by atoms with Crippen LogP contribution in [-0.4, -0.2) is 33.4 Å². The second-order valence-electron chi connectivity index (χ2n) is 5.14. The van der Waals surface area contributed by atoms with Gasteiger partial charge in [0.15, 0.2) is 6.79 Å². The molecule has 0 saturated carbocycles. The Labute approximate surface area is 124 Å². The molecule has 1 aliphatic rings. The minimum absolute atomic E-state index is 0.249.